The second-order valence-electron chi connectivity index (χ2n) is 7.46. The van der Waals surface area contributed by atoms with Crippen LogP contribution in [0, 0.1) is 0 Å². The van der Waals surface area contributed by atoms with Crippen LogP contribution in [0.3, 0.4) is 0 Å². The van der Waals surface area contributed by atoms with E-state index in [4.69, 9.17) is 0 Å². The van der Waals surface area contributed by atoms with E-state index in [9.17, 15) is 44.7 Å². The maximum absolute atomic E-state index is 13.2. The van der Waals surface area contributed by atoms with Crippen LogP contribution in [0.15, 0.2) is 53.4 Å². The minimum absolute atomic E-state index is 0.0436. The van der Waals surface area contributed by atoms with E-state index in [0.29, 0.717) is 6.07 Å². The first kappa shape index (κ1) is 25.8. The lowest BCUT2D eigenvalue weighted by Gasteiger charge is -2.36. The molecule has 0 spiro atoms. The summed E-state index contributed by atoms with van der Waals surface area (Å²) in [6, 6.07) is 7.79. The molecule has 0 unspecified atom stereocenters. The number of alkyl halides is 6. The Morgan fingerprint density at radius 3 is 2.06 bits per heavy atom. The summed E-state index contributed by atoms with van der Waals surface area (Å²) in [5.74, 6) is -1.47. The van der Waals surface area contributed by atoms with Gasteiger partial charge in [0.2, 0.25) is 10.0 Å². The number of hydrogen-bond donors (Lipinski definition) is 2. The van der Waals surface area contributed by atoms with Crippen molar-refractivity contribution in [2.75, 3.05) is 18.4 Å². The topological polar surface area (TPSA) is 95.9 Å². The molecule has 0 bridgehead atoms. The maximum Gasteiger partial charge on any atom is 0.573 e. The Morgan fingerprint density at radius 2 is 1.53 bits per heavy atom. The summed E-state index contributed by atoms with van der Waals surface area (Å²) in [4.78, 5) is 11.6. The Bertz CT molecular complexity index is 1140. The molecule has 2 aromatic carbocycles. The first-order valence-corrected chi connectivity index (χ1v) is 11.1. The molecule has 1 aliphatic rings. The van der Waals surface area contributed by atoms with E-state index in [0.717, 1.165) is 46.8 Å². The molecule has 186 valence electrons. The number of aliphatic hydroxyl groups is 1. The number of amides is 1. The van der Waals surface area contributed by atoms with Gasteiger partial charge in [0.1, 0.15) is 11.4 Å². The molecule has 0 atom stereocenters. The average molecular weight is 512 g/mol. The number of sulfonamides is 1. The number of carbonyl (C=O) groups is 1. The second-order valence-corrected chi connectivity index (χ2v) is 9.36. The standard InChI is InChI=1S/C20H18F6N2O5S/c21-19(22,23)15-3-1-2-4-16(15)34(31,32)28-11-9-18(30,10-12-28)17(29)27-13-5-7-14(8-6-13)33-20(24,25)26/h1-8,30H,9-12H2,(H,27,29). The number of halogens is 6. The first-order chi connectivity index (χ1) is 15.6. The Hall–Kier alpha value is -2.84. The largest absolute Gasteiger partial charge is 0.573 e. The van der Waals surface area contributed by atoms with Crippen LogP contribution in [0.2, 0.25) is 0 Å². The van der Waals surface area contributed by atoms with Gasteiger partial charge in [0.15, 0.2) is 0 Å². The van der Waals surface area contributed by atoms with Crippen molar-refractivity contribution in [1.29, 1.82) is 0 Å². The van der Waals surface area contributed by atoms with Crippen LogP contribution in [0.4, 0.5) is 32.0 Å². The SMILES string of the molecule is O=C(Nc1ccc(OC(F)(F)F)cc1)C1(O)CCN(S(=O)(=O)c2ccccc2C(F)(F)F)CC1. The van der Waals surface area contributed by atoms with Gasteiger partial charge >= 0.3 is 12.5 Å². The molecule has 2 N–H and O–H groups in total. The number of rotatable bonds is 5. The van der Waals surface area contributed by atoms with Gasteiger partial charge in [-0.2, -0.15) is 17.5 Å². The normalized spacial score (nSPS) is 17.3. The number of piperidine rings is 1. The quantitative estimate of drug-likeness (QED) is 0.595. The summed E-state index contributed by atoms with van der Waals surface area (Å²) in [6.45, 7) is -0.867. The molecule has 1 fully saturated rings. The number of carbonyl (C=O) groups excluding carboxylic acids is 1. The number of anilines is 1. The third-order valence-corrected chi connectivity index (χ3v) is 7.09. The maximum atomic E-state index is 13.2. The van der Waals surface area contributed by atoms with Crippen molar-refractivity contribution in [3.63, 3.8) is 0 Å². The molecule has 1 aliphatic heterocycles. The molecule has 7 nitrogen and oxygen atoms in total. The van der Waals surface area contributed by atoms with Gasteiger partial charge < -0.3 is 15.2 Å². The lowest BCUT2D eigenvalue weighted by molar-refractivity contribution is -0.274. The Balaban J connectivity index is 1.68. The highest BCUT2D eigenvalue weighted by atomic mass is 32.2. The number of nitrogens with one attached hydrogen (secondary N) is 1. The van der Waals surface area contributed by atoms with E-state index in [2.05, 4.69) is 10.1 Å². The lowest BCUT2D eigenvalue weighted by Crippen LogP contribution is -2.52. The molecule has 0 aliphatic carbocycles. The zero-order chi connectivity index (χ0) is 25.4. The van der Waals surface area contributed by atoms with E-state index >= 15 is 0 Å². The fourth-order valence-corrected chi connectivity index (χ4v) is 5.03. The second kappa shape index (κ2) is 9.07. The van der Waals surface area contributed by atoms with Gasteiger partial charge in [0.05, 0.1) is 10.5 Å². The van der Waals surface area contributed by atoms with Gasteiger partial charge in [0.25, 0.3) is 5.91 Å². The van der Waals surface area contributed by atoms with Gasteiger partial charge in [-0.3, -0.25) is 4.79 Å². The van der Waals surface area contributed by atoms with Crippen molar-refractivity contribution in [2.24, 2.45) is 0 Å². The van der Waals surface area contributed by atoms with Gasteiger partial charge in [0, 0.05) is 18.8 Å². The van der Waals surface area contributed by atoms with Crippen LogP contribution in [0.1, 0.15) is 18.4 Å². The van der Waals surface area contributed by atoms with Crippen LogP contribution < -0.4 is 10.1 Å². The Labute approximate surface area is 190 Å². The molecule has 0 saturated carbocycles. The van der Waals surface area contributed by atoms with Gasteiger partial charge in [-0.15, -0.1) is 13.2 Å². The van der Waals surface area contributed by atoms with Crippen LogP contribution >= 0.6 is 0 Å². The van der Waals surface area contributed by atoms with E-state index in [1.54, 1.807) is 0 Å². The van der Waals surface area contributed by atoms with E-state index in [1.807, 2.05) is 0 Å². The van der Waals surface area contributed by atoms with E-state index in [-0.39, 0.29) is 5.69 Å². The molecular formula is C20H18F6N2O5S. The monoisotopic (exact) mass is 512 g/mol. The summed E-state index contributed by atoms with van der Waals surface area (Å²) in [6.07, 6.45) is -10.6. The molecule has 34 heavy (non-hydrogen) atoms. The minimum atomic E-state index is -4.90. The van der Waals surface area contributed by atoms with Crippen molar-refractivity contribution in [3.05, 3.63) is 54.1 Å². The van der Waals surface area contributed by atoms with Gasteiger partial charge in [-0.05, 0) is 49.2 Å². The predicted octanol–water partition coefficient (Wildman–Crippen LogP) is 3.76. The fourth-order valence-electron chi connectivity index (χ4n) is 3.38. The summed E-state index contributed by atoms with van der Waals surface area (Å²) in [5, 5.41) is 13.0. The summed E-state index contributed by atoms with van der Waals surface area (Å²) >= 11 is 0. The Kier molecular flexibility index (Phi) is 6.88. The van der Waals surface area contributed by atoms with Crippen molar-refractivity contribution >= 4 is 21.6 Å². The molecule has 0 aromatic heterocycles. The highest BCUT2D eigenvalue weighted by Crippen LogP contribution is 2.36. The molecule has 1 amide bonds. The van der Waals surface area contributed by atoms with Crippen LogP contribution in [0.25, 0.3) is 0 Å². The number of nitrogens with zero attached hydrogens (tertiary/aromatic N) is 1. The minimum Gasteiger partial charge on any atom is -0.406 e. The van der Waals surface area contributed by atoms with E-state index < -0.39 is 76.2 Å². The van der Waals surface area contributed by atoms with Crippen LogP contribution in [-0.4, -0.2) is 48.8 Å². The molecule has 2 aromatic rings. The fraction of sp³-hybridized carbons (Fsp3) is 0.350. The summed E-state index contributed by atoms with van der Waals surface area (Å²) in [5.41, 5.74) is -3.33. The highest BCUT2D eigenvalue weighted by Gasteiger charge is 2.44. The highest BCUT2D eigenvalue weighted by molar-refractivity contribution is 7.89. The average Bonchev–Trinajstić information content (AvgIpc) is 2.74. The zero-order valence-electron chi connectivity index (χ0n) is 17.2. The third-order valence-electron chi connectivity index (χ3n) is 5.13. The van der Waals surface area contributed by atoms with Gasteiger partial charge in [-0.25, -0.2) is 8.42 Å². The van der Waals surface area contributed by atoms with Crippen molar-refractivity contribution < 1.29 is 49.4 Å². The molecule has 14 heteroatoms. The zero-order valence-corrected chi connectivity index (χ0v) is 18.0. The molecule has 1 heterocycles. The van der Waals surface area contributed by atoms with Crippen LogP contribution in [0.5, 0.6) is 5.75 Å². The number of hydrogen-bond acceptors (Lipinski definition) is 5. The van der Waals surface area contributed by atoms with Crippen LogP contribution in [-0.2, 0) is 21.0 Å². The number of benzene rings is 2. The smallest absolute Gasteiger partial charge is 0.406 e. The predicted molar refractivity (Wildman–Crippen MR) is 106 cm³/mol. The molecular weight excluding hydrogens is 494 g/mol. The number of ether oxygens (including phenoxy) is 1. The molecule has 3 rings (SSSR count). The summed E-state index contributed by atoms with van der Waals surface area (Å²) in [7, 11) is -4.57. The summed E-state index contributed by atoms with van der Waals surface area (Å²) < 4.78 is 106. The molecule has 0 radical (unpaired) electrons. The lowest BCUT2D eigenvalue weighted by atomic mass is 9.91. The van der Waals surface area contributed by atoms with Gasteiger partial charge in [-0.1, -0.05) is 12.1 Å². The van der Waals surface area contributed by atoms with E-state index in [1.165, 1.54) is 0 Å². The first-order valence-electron chi connectivity index (χ1n) is 9.68. The Morgan fingerprint density at radius 1 is 0.971 bits per heavy atom. The molecule has 1 saturated heterocycles. The van der Waals surface area contributed by atoms with Crippen molar-refractivity contribution in [1.82, 2.24) is 4.31 Å². The van der Waals surface area contributed by atoms with Crippen molar-refractivity contribution in [2.45, 2.75) is 35.9 Å². The third kappa shape index (κ3) is 5.80. The van der Waals surface area contributed by atoms with Crippen molar-refractivity contribution in [3.8, 4) is 5.75 Å².